The Kier molecular flexibility index (Phi) is 6.40. The van der Waals surface area contributed by atoms with Gasteiger partial charge in [0.15, 0.2) is 11.3 Å². The molecule has 0 radical (unpaired) electrons. The number of nitrogens with one attached hydrogen (secondary N) is 1. The number of carboxylic acids is 1. The molecule has 1 heterocycles. The van der Waals surface area contributed by atoms with Crippen molar-refractivity contribution in [1.82, 2.24) is 5.43 Å². The predicted octanol–water partition coefficient (Wildman–Crippen LogP) is 4.54. The Morgan fingerprint density at radius 1 is 1.14 bits per heavy atom. The summed E-state index contributed by atoms with van der Waals surface area (Å²) in [4.78, 5) is 25.8. The molecule has 184 valence electrons. The molecular formula is C27H32N4O4. The molecule has 35 heavy (non-hydrogen) atoms. The third-order valence-corrected chi connectivity index (χ3v) is 6.94. The second-order valence-corrected chi connectivity index (χ2v) is 10.3. The summed E-state index contributed by atoms with van der Waals surface area (Å²) in [5.74, 6) is -1.94. The van der Waals surface area contributed by atoms with Crippen LogP contribution in [-0.2, 0) is 15.0 Å². The SMILES string of the molecule is CC1=NN(c2ccc(C(C)(C)C)cc2)C(=O)/C1=N\NC1(C(=O)O)CCCCC1c1ccccc1O. The molecule has 1 aliphatic heterocycles. The van der Waals surface area contributed by atoms with E-state index in [9.17, 15) is 19.8 Å². The number of rotatable bonds is 5. The second kappa shape index (κ2) is 9.17. The Hall–Kier alpha value is -3.68. The number of hydrogen-bond donors (Lipinski definition) is 3. The number of phenolic OH excluding ortho intramolecular Hbond substituents is 1. The number of nitrogens with zero attached hydrogens (tertiary/aromatic N) is 3. The predicted molar refractivity (Wildman–Crippen MR) is 136 cm³/mol. The molecule has 0 aromatic heterocycles. The first-order valence-corrected chi connectivity index (χ1v) is 11.9. The van der Waals surface area contributed by atoms with Gasteiger partial charge < -0.3 is 10.2 Å². The summed E-state index contributed by atoms with van der Waals surface area (Å²) in [7, 11) is 0. The number of aromatic hydroxyl groups is 1. The number of amides is 1. The monoisotopic (exact) mass is 476 g/mol. The van der Waals surface area contributed by atoms with Crippen molar-refractivity contribution in [2.24, 2.45) is 10.2 Å². The summed E-state index contributed by atoms with van der Waals surface area (Å²) in [6.07, 6.45) is 2.43. The van der Waals surface area contributed by atoms with Gasteiger partial charge in [0.05, 0.1) is 11.4 Å². The molecule has 8 heteroatoms. The largest absolute Gasteiger partial charge is 0.508 e. The fourth-order valence-corrected chi connectivity index (χ4v) is 4.87. The maximum Gasteiger partial charge on any atom is 0.331 e. The summed E-state index contributed by atoms with van der Waals surface area (Å²) < 4.78 is 0. The number of hydrogen-bond acceptors (Lipinski definition) is 6. The highest BCUT2D eigenvalue weighted by Gasteiger charge is 2.49. The average molecular weight is 477 g/mol. The van der Waals surface area contributed by atoms with E-state index in [-0.39, 0.29) is 16.9 Å². The highest BCUT2D eigenvalue weighted by atomic mass is 16.4. The maximum absolute atomic E-state index is 13.2. The number of aliphatic carboxylic acids is 1. The topological polar surface area (TPSA) is 115 Å². The summed E-state index contributed by atoms with van der Waals surface area (Å²) in [6, 6.07) is 14.4. The van der Waals surface area contributed by atoms with E-state index in [1.807, 2.05) is 24.3 Å². The fraction of sp³-hybridized carbons (Fsp3) is 0.407. The molecule has 0 spiro atoms. The average Bonchev–Trinajstić information content (AvgIpc) is 3.11. The van der Waals surface area contributed by atoms with Gasteiger partial charge in [-0.05, 0) is 54.5 Å². The number of carboxylic acid groups (broad SMARTS) is 1. The zero-order valence-corrected chi connectivity index (χ0v) is 20.6. The number of carbonyl (C=O) groups is 2. The first kappa shape index (κ1) is 24.4. The summed E-state index contributed by atoms with van der Waals surface area (Å²) in [6.45, 7) is 8.03. The number of carbonyl (C=O) groups excluding carboxylic acids is 1. The van der Waals surface area contributed by atoms with Crippen LogP contribution >= 0.6 is 0 Å². The Morgan fingerprint density at radius 2 is 1.83 bits per heavy atom. The van der Waals surface area contributed by atoms with Crippen LogP contribution in [0, 0.1) is 0 Å². The molecule has 8 nitrogen and oxygen atoms in total. The third kappa shape index (κ3) is 4.52. The molecule has 2 aromatic rings. The van der Waals surface area contributed by atoms with Crippen molar-refractivity contribution in [3.63, 3.8) is 0 Å². The van der Waals surface area contributed by atoms with Crippen molar-refractivity contribution in [2.75, 3.05) is 5.01 Å². The van der Waals surface area contributed by atoms with Gasteiger partial charge in [0.25, 0.3) is 0 Å². The van der Waals surface area contributed by atoms with Crippen molar-refractivity contribution in [3.8, 4) is 5.75 Å². The molecule has 2 unspecified atom stereocenters. The highest BCUT2D eigenvalue weighted by Crippen LogP contribution is 2.44. The molecule has 2 aliphatic rings. The lowest BCUT2D eigenvalue weighted by Gasteiger charge is -2.40. The Labute approximate surface area is 205 Å². The van der Waals surface area contributed by atoms with Crippen LogP contribution in [0.4, 0.5) is 5.69 Å². The van der Waals surface area contributed by atoms with Crippen LogP contribution in [0.5, 0.6) is 5.75 Å². The lowest BCUT2D eigenvalue weighted by molar-refractivity contribution is -0.147. The summed E-state index contributed by atoms with van der Waals surface area (Å²) >= 11 is 0. The smallest absolute Gasteiger partial charge is 0.331 e. The van der Waals surface area contributed by atoms with Crippen molar-refractivity contribution >= 4 is 29.0 Å². The van der Waals surface area contributed by atoms with Crippen LogP contribution in [0.25, 0.3) is 0 Å². The van der Waals surface area contributed by atoms with E-state index in [0.717, 1.165) is 12.0 Å². The van der Waals surface area contributed by atoms with Crippen LogP contribution in [0.3, 0.4) is 0 Å². The van der Waals surface area contributed by atoms with Gasteiger partial charge in [-0.15, -0.1) is 0 Å². The van der Waals surface area contributed by atoms with Gasteiger partial charge in [-0.2, -0.15) is 15.2 Å². The highest BCUT2D eigenvalue weighted by molar-refractivity contribution is 6.71. The number of hydrazone groups is 2. The zero-order chi connectivity index (χ0) is 25.4. The minimum absolute atomic E-state index is 0.0157. The van der Waals surface area contributed by atoms with E-state index in [4.69, 9.17) is 0 Å². The number of para-hydroxylation sites is 1. The molecule has 1 amide bonds. The molecule has 1 aliphatic carbocycles. The standard InChI is InChI=1S/C27H32N4O4/c1-17-23(24(33)31(29-17)19-14-12-18(13-15-19)26(2,3)4)28-30-27(25(34)35)16-8-7-10-21(27)20-9-5-6-11-22(20)32/h5-6,9,11-15,21,30,32H,7-8,10,16H2,1-4H3,(H,34,35)/b28-23-. The minimum Gasteiger partial charge on any atom is -0.508 e. The van der Waals surface area contributed by atoms with Gasteiger partial charge in [0, 0.05) is 5.92 Å². The van der Waals surface area contributed by atoms with Crippen LogP contribution in [0.2, 0.25) is 0 Å². The van der Waals surface area contributed by atoms with Gasteiger partial charge >= 0.3 is 11.9 Å². The zero-order valence-electron chi connectivity index (χ0n) is 20.6. The van der Waals surface area contributed by atoms with Crippen molar-refractivity contribution < 1.29 is 19.8 Å². The van der Waals surface area contributed by atoms with Crippen LogP contribution in [0.15, 0.2) is 58.7 Å². The van der Waals surface area contributed by atoms with E-state index in [2.05, 4.69) is 36.4 Å². The lowest BCUT2D eigenvalue weighted by Crippen LogP contribution is -2.56. The molecule has 2 atom stereocenters. The Bertz CT molecular complexity index is 1200. The normalized spacial score (nSPS) is 23.9. The Balaban J connectivity index is 1.63. The molecular weight excluding hydrogens is 444 g/mol. The molecule has 0 saturated heterocycles. The second-order valence-electron chi connectivity index (χ2n) is 10.3. The quantitative estimate of drug-likeness (QED) is 0.548. The van der Waals surface area contributed by atoms with Gasteiger partial charge in [-0.25, -0.2) is 4.79 Å². The summed E-state index contributed by atoms with van der Waals surface area (Å²) in [5, 5.41) is 30.7. The fourth-order valence-electron chi connectivity index (χ4n) is 4.87. The van der Waals surface area contributed by atoms with E-state index < -0.39 is 23.3 Å². The Morgan fingerprint density at radius 3 is 2.46 bits per heavy atom. The lowest BCUT2D eigenvalue weighted by atomic mass is 9.69. The van der Waals surface area contributed by atoms with E-state index in [0.29, 0.717) is 36.2 Å². The first-order chi connectivity index (χ1) is 16.5. The first-order valence-electron chi connectivity index (χ1n) is 11.9. The van der Waals surface area contributed by atoms with Crippen molar-refractivity contribution in [1.29, 1.82) is 0 Å². The van der Waals surface area contributed by atoms with E-state index in [1.54, 1.807) is 31.2 Å². The number of phenols is 1. The third-order valence-electron chi connectivity index (χ3n) is 6.94. The number of benzene rings is 2. The van der Waals surface area contributed by atoms with Gasteiger partial charge in [0.2, 0.25) is 0 Å². The van der Waals surface area contributed by atoms with Crippen LogP contribution < -0.4 is 10.4 Å². The molecule has 3 N–H and O–H groups in total. The minimum atomic E-state index is -1.45. The summed E-state index contributed by atoms with van der Waals surface area (Å²) in [5.41, 5.74) is 4.19. The van der Waals surface area contributed by atoms with Gasteiger partial charge in [-0.1, -0.05) is 63.9 Å². The molecule has 4 rings (SSSR count). The van der Waals surface area contributed by atoms with Gasteiger partial charge in [0.1, 0.15) is 5.75 Å². The van der Waals surface area contributed by atoms with E-state index >= 15 is 0 Å². The van der Waals surface area contributed by atoms with Gasteiger partial charge in [-0.3, -0.25) is 10.2 Å². The molecule has 1 saturated carbocycles. The van der Waals surface area contributed by atoms with Crippen molar-refractivity contribution in [3.05, 3.63) is 59.7 Å². The van der Waals surface area contributed by atoms with E-state index in [1.165, 1.54) is 5.01 Å². The maximum atomic E-state index is 13.2. The molecule has 2 aromatic carbocycles. The molecule has 0 bridgehead atoms. The van der Waals surface area contributed by atoms with Crippen molar-refractivity contribution in [2.45, 2.75) is 70.3 Å². The molecule has 1 fully saturated rings. The van der Waals surface area contributed by atoms with Crippen LogP contribution in [0.1, 0.15) is 70.4 Å². The number of anilines is 1. The van der Waals surface area contributed by atoms with Crippen LogP contribution in [-0.4, -0.2) is 39.1 Å².